The number of aromatic nitrogens is 1. The first-order chi connectivity index (χ1) is 14.4. The van der Waals surface area contributed by atoms with E-state index in [1.54, 1.807) is 17.0 Å². The molecule has 1 aromatic heterocycles. The Kier molecular flexibility index (Phi) is 5.57. The molecule has 2 heterocycles. The van der Waals surface area contributed by atoms with Crippen LogP contribution >= 0.6 is 11.6 Å². The third kappa shape index (κ3) is 3.70. The van der Waals surface area contributed by atoms with Crippen molar-refractivity contribution in [3.63, 3.8) is 0 Å². The lowest BCUT2D eigenvalue weighted by atomic mass is 9.84. The fourth-order valence-electron chi connectivity index (χ4n) is 4.54. The molecule has 1 saturated heterocycles. The summed E-state index contributed by atoms with van der Waals surface area (Å²) in [6, 6.07) is 5.20. The zero-order valence-electron chi connectivity index (χ0n) is 16.9. The van der Waals surface area contributed by atoms with Crippen LogP contribution in [0.15, 0.2) is 18.2 Å². The molecule has 0 spiro atoms. The maximum Gasteiger partial charge on any atom is 0.407 e. The van der Waals surface area contributed by atoms with Crippen LogP contribution in [0.1, 0.15) is 41.4 Å². The van der Waals surface area contributed by atoms with Crippen LogP contribution in [0.25, 0.3) is 10.9 Å². The first-order valence-electron chi connectivity index (χ1n) is 10.2. The summed E-state index contributed by atoms with van der Waals surface area (Å²) in [4.78, 5) is 32.2. The van der Waals surface area contributed by atoms with Crippen molar-refractivity contribution in [3.8, 4) is 12.3 Å². The zero-order chi connectivity index (χ0) is 21.4. The first kappa shape index (κ1) is 20.5. The van der Waals surface area contributed by atoms with Gasteiger partial charge in [0.2, 0.25) is 0 Å². The Morgan fingerprint density at radius 2 is 2.17 bits per heavy atom. The number of fused-ring (bicyclic) bond motifs is 2. The molecule has 4 rings (SSSR count). The van der Waals surface area contributed by atoms with Crippen LogP contribution in [0, 0.1) is 18.3 Å². The normalized spacial score (nSPS) is 21.2. The van der Waals surface area contributed by atoms with Crippen molar-refractivity contribution in [1.29, 1.82) is 0 Å². The number of carbonyl (C=O) groups is 2. The number of nitrogens with zero attached hydrogens (tertiary/aromatic N) is 3. The van der Waals surface area contributed by atoms with Crippen molar-refractivity contribution in [2.24, 2.45) is 5.92 Å². The van der Waals surface area contributed by atoms with Gasteiger partial charge in [-0.2, -0.15) is 0 Å². The highest BCUT2D eigenvalue weighted by Gasteiger charge is 2.30. The Morgan fingerprint density at radius 1 is 1.37 bits per heavy atom. The molecule has 1 aromatic carbocycles. The number of carbonyl (C=O) groups excluding carboxylic acids is 1. The fraction of sp³-hybridized carbons (Fsp3) is 0.435. The van der Waals surface area contributed by atoms with E-state index in [0.29, 0.717) is 36.6 Å². The molecule has 7 heteroatoms. The summed E-state index contributed by atoms with van der Waals surface area (Å²) < 4.78 is 0. The molecule has 0 bridgehead atoms. The molecular weight excluding hydrogens is 402 g/mol. The van der Waals surface area contributed by atoms with E-state index in [-0.39, 0.29) is 11.9 Å². The van der Waals surface area contributed by atoms with Gasteiger partial charge < -0.3 is 14.9 Å². The lowest BCUT2D eigenvalue weighted by Crippen LogP contribution is -2.55. The van der Waals surface area contributed by atoms with Gasteiger partial charge in [0.15, 0.2) is 0 Å². The number of hydrogen-bond donors (Lipinski definition) is 1. The number of hydrogen-bond acceptors (Lipinski definition) is 3. The van der Waals surface area contributed by atoms with Gasteiger partial charge in [-0.3, -0.25) is 9.78 Å². The largest absolute Gasteiger partial charge is 0.465 e. The van der Waals surface area contributed by atoms with Gasteiger partial charge in [-0.15, -0.1) is 12.3 Å². The van der Waals surface area contributed by atoms with E-state index in [9.17, 15) is 14.7 Å². The smallest absolute Gasteiger partial charge is 0.407 e. The minimum atomic E-state index is -0.952. The van der Waals surface area contributed by atoms with Gasteiger partial charge in [0.05, 0.1) is 10.5 Å². The lowest BCUT2D eigenvalue weighted by Gasteiger charge is -2.38. The average molecular weight is 426 g/mol. The number of halogens is 1. The number of rotatable bonds is 2. The minimum absolute atomic E-state index is 0.116. The maximum absolute atomic E-state index is 13.1. The molecule has 0 saturated carbocycles. The van der Waals surface area contributed by atoms with Gasteiger partial charge in [-0.05, 0) is 49.8 Å². The van der Waals surface area contributed by atoms with Crippen LogP contribution < -0.4 is 0 Å². The number of carboxylic acid groups (broad SMARTS) is 1. The molecular formula is C23H24ClN3O3. The Morgan fingerprint density at radius 3 is 2.87 bits per heavy atom. The zero-order valence-corrected chi connectivity index (χ0v) is 17.7. The SMILES string of the molecule is C#CCC1CCc2c(nc3cc(C(=O)N4CCN(C(=O)O)[C@H](C)C4)ccc3c2Cl)C1. The summed E-state index contributed by atoms with van der Waals surface area (Å²) in [6.07, 6.45) is 7.96. The van der Waals surface area contributed by atoms with Gasteiger partial charge in [0, 0.05) is 48.7 Å². The molecule has 2 atom stereocenters. The van der Waals surface area contributed by atoms with Gasteiger partial charge >= 0.3 is 6.09 Å². The molecule has 30 heavy (non-hydrogen) atoms. The predicted molar refractivity (Wildman–Crippen MR) is 116 cm³/mol. The van der Waals surface area contributed by atoms with Crippen LogP contribution in [-0.2, 0) is 12.8 Å². The van der Waals surface area contributed by atoms with Crippen LogP contribution in [-0.4, -0.2) is 57.6 Å². The van der Waals surface area contributed by atoms with Crippen molar-refractivity contribution in [1.82, 2.24) is 14.8 Å². The van der Waals surface area contributed by atoms with Gasteiger partial charge in [0.1, 0.15) is 0 Å². The maximum atomic E-state index is 13.1. The van der Waals surface area contributed by atoms with Crippen molar-refractivity contribution in [3.05, 3.63) is 40.0 Å². The number of piperazine rings is 1. The van der Waals surface area contributed by atoms with Gasteiger partial charge in [0.25, 0.3) is 5.91 Å². The summed E-state index contributed by atoms with van der Waals surface area (Å²) in [5, 5.41) is 10.8. The monoisotopic (exact) mass is 425 g/mol. The van der Waals surface area contributed by atoms with Gasteiger partial charge in [-0.25, -0.2) is 4.79 Å². The summed E-state index contributed by atoms with van der Waals surface area (Å²) >= 11 is 6.69. The Hall–Kier alpha value is -2.78. The molecule has 2 aliphatic rings. The fourth-order valence-corrected chi connectivity index (χ4v) is 4.90. The van der Waals surface area contributed by atoms with E-state index >= 15 is 0 Å². The second-order valence-corrected chi connectivity index (χ2v) is 8.55. The van der Waals surface area contributed by atoms with Crippen LogP contribution in [0.4, 0.5) is 4.79 Å². The molecule has 1 aliphatic carbocycles. The first-order valence-corrected chi connectivity index (χ1v) is 10.6. The highest BCUT2D eigenvalue weighted by molar-refractivity contribution is 6.36. The number of terminal acetylenes is 1. The van der Waals surface area contributed by atoms with E-state index in [4.69, 9.17) is 23.0 Å². The lowest BCUT2D eigenvalue weighted by molar-refractivity contribution is 0.0507. The molecule has 1 fully saturated rings. The summed E-state index contributed by atoms with van der Waals surface area (Å²) in [7, 11) is 0. The summed E-state index contributed by atoms with van der Waals surface area (Å²) in [5.74, 6) is 3.04. The Labute approximate surface area is 180 Å². The third-order valence-electron chi connectivity index (χ3n) is 6.20. The third-order valence-corrected chi connectivity index (χ3v) is 6.63. The van der Waals surface area contributed by atoms with Crippen molar-refractivity contribution in [2.75, 3.05) is 19.6 Å². The summed E-state index contributed by atoms with van der Waals surface area (Å²) in [5.41, 5.74) is 3.32. The second kappa shape index (κ2) is 8.16. The molecule has 1 unspecified atom stereocenters. The molecule has 156 valence electrons. The topological polar surface area (TPSA) is 73.7 Å². The predicted octanol–water partition coefficient (Wildman–Crippen LogP) is 3.84. The molecule has 6 nitrogen and oxygen atoms in total. The average Bonchev–Trinajstić information content (AvgIpc) is 2.72. The van der Waals surface area contributed by atoms with Crippen LogP contribution in [0.5, 0.6) is 0 Å². The standard InChI is InChI=1S/C23H24ClN3O3/c1-3-4-15-5-7-17-19(11-15)25-20-12-16(6-8-18(20)21(17)24)22(28)26-9-10-27(23(29)30)14(2)13-26/h1,6,8,12,14-15H,4-5,7,9-11,13H2,2H3,(H,29,30)/t14-,15?/m1/s1. The van der Waals surface area contributed by atoms with Crippen molar-refractivity contribution in [2.45, 2.75) is 38.6 Å². The Balaban J connectivity index is 1.61. The molecule has 0 radical (unpaired) electrons. The van der Waals surface area contributed by atoms with E-state index in [1.807, 2.05) is 13.0 Å². The highest BCUT2D eigenvalue weighted by Crippen LogP contribution is 2.35. The van der Waals surface area contributed by atoms with E-state index in [2.05, 4.69) is 5.92 Å². The minimum Gasteiger partial charge on any atom is -0.465 e. The highest BCUT2D eigenvalue weighted by atomic mass is 35.5. The number of benzene rings is 1. The molecule has 2 aromatic rings. The van der Waals surface area contributed by atoms with Crippen LogP contribution in [0.3, 0.4) is 0 Å². The van der Waals surface area contributed by atoms with Crippen molar-refractivity contribution >= 4 is 34.5 Å². The van der Waals surface area contributed by atoms with Crippen LogP contribution in [0.2, 0.25) is 5.02 Å². The number of amides is 2. The molecule has 1 N–H and O–H groups in total. The second-order valence-electron chi connectivity index (χ2n) is 8.18. The number of pyridine rings is 1. The molecule has 2 amide bonds. The van der Waals surface area contributed by atoms with E-state index in [1.165, 1.54) is 4.90 Å². The molecule has 1 aliphatic heterocycles. The van der Waals surface area contributed by atoms with Gasteiger partial charge in [-0.1, -0.05) is 17.7 Å². The van der Waals surface area contributed by atoms with E-state index in [0.717, 1.165) is 47.3 Å². The summed E-state index contributed by atoms with van der Waals surface area (Å²) in [6.45, 7) is 2.87. The quantitative estimate of drug-likeness (QED) is 0.742. The van der Waals surface area contributed by atoms with Crippen molar-refractivity contribution < 1.29 is 14.7 Å². The Bertz CT molecular complexity index is 1060. The van der Waals surface area contributed by atoms with E-state index < -0.39 is 6.09 Å².